The van der Waals surface area contributed by atoms with Gasteiger partial charge in [0.1, 0.15) is 18.8 Å². The molecule has 2 heterocycles. The standard InChI is InChI=1S/C22H27FN3O9P/c1-13(2)33-19(29)14(3)26(36(31)35-15-8-6-5-7-9-15)32-12-16-18(28)22(4,23)20(34-16)25-11-10-17(27)24-21(25)30/h5-11,13-14,16,18,20,28H,12H2,1-4H3/p+1/t14?,16-,18-,20-,22-/m1/s1. The number of aliphatic hydroxyl groups is 1. The maximum absolute atomic E-state index is 15.4. The van der Waals surface area contributed by atoms with Crippen molar-refractivity contribution in [2.45, 2.75) is 63.9 Å². The Balaban J connectivity index is 1.79. The SMILES string of the molecule is CC(C)OC(=O)C(C)N(OC[C@H]1O[C@@H](n2ccc(=O)[nH]c2=O)[C@](C)(F)[C@@H]1O)[P+](=O)Oc1ccccc1. The summed E-state index contributed by atoms with van der Waals surface area (Å²) in [5.74, 6) is -0.520. The first-order chi connectivity index (χ1) is 16.9. The van der Waals surface area contributed by atoms with Crippen molar-refractivity contribution in [2.75, 3.05) is 6.61 Å². The first-order valence-electron chi connectivity index (χ1n) is 11.1. The molecule has 14 heteroatoms. The van der Waals surface area contributed by atoms with Crippen molar-refractivity contribution in [1.29, 1.82) is 0 Å². The maximum atomic E-state index is 15.4. The minimum absolute atomic E-state index is 0.239. The van der Waals surface area contributed by atoms with Crippen LogP contribution < -0.4 is 15.8 Å². The average molecular weight is 528 g/mol. The fourth-order valence-corrected chi connectivity index (χ4v) is 4.37. The number of hydrogen-bond donors (Lipinski definition) is 2. The van der Waals surface area contributed by atoms with Crippen LogP contribution >= 0.6 is 8.18 Å². The van der Waals surface area contributed by atoms with Crippen LogP contribution in [0.4, 0.5) is 4.39 Å². The van der Waals surface area contributed by atoms with Gasteiger partial charge in [-0.25, -0.2) is 13.7 Å². The Bertz CT molecular complexity index is 1190. The monoisotopic (exact) mass is 528 g/mol. The Labute approximate surface area is 206 Å². The van der Waals surface area contributed by atoms with Crippen molar-refractivity contribution in [3.63, 3.8) is 0 Å². The molecule has 1 fully saturated rings. The first-order valence-corrected chi connectivity index (χ1v) is 12.2. The van der Waals surface area contributed by atoms with Gasteiger partial charge in [-0.15, -0.1) is 0 Å². The van der Waals surface area contributed by atoms with Gasteiger partial charge in [-0.1, -0.05) is 18.2 Å². The number of carbonyl (C=O) groups excluding carboxylic acids is 1. The van der Waals surface area contributed by atoms with E-state index in [2.05, 4.69) is 0 Å². The minimum atomic E-state index is -2.80. The van der Waals surface area contributed by atoms with E-state index in [1.807, 2.05) is 4.98 Å². The number of para-hydroxylation sites is 1. The zero-order chi connectivity index (χ0) is 26.6. The number of aromatic amines is 1. The van der Waals surface area contributed by atoms with Crippen LogP contribution in [-0.2, 0) is 23.7 Å². The molecule has 0 amide bonds. The van der Waals surface area contributed by atoms with E-state index in [1.165, 1.54) is 6.92 Å². The van der Waals surface area contributed by atoms with Gasteiger partial charge in [0.05, 0.1) is 10.9 Å². The molecule has 2 unspecified atom stereocenters. The number of aliphatic hydroxyl groups excluding tert-OH is 1. The molecule has 2 N–H and O–H groups in total. The molecule has 1 aromatic heterocycles. The highest BCUT2D eigenvalue weighted by atomic mass is 31.1. The number of halogens is 1. The van der Waals surface area contributed by atoms with Crippen LogP contribution in [0.1, 0.15) is 33.9 Å². The molecule has 196 valence electrons. The first kappa shape index (κ1) is 27.6. The van der Waals surface area contributed by atoms with E-state index >= 15 is 4.39 Å². The predicted molar refractivity (Wildman–Crippen MR) is 124 cm³/mol. The van der Waals surface area contributed by atoms with E-state index in [0.29, 0.717) is 0 Å². The van der Waals surface area contributed by atoms with Gasteiger partial charge in [0.15, 0.2) is 23.7 Å². The third kappa shape index (κ3) is 6.23. The van der Waals surface area contributed by atoms with Gasteiger partial charge in [0.25, 0.3) is 5.56 Å². The summed E-state index contributed by atoms with van der Waals surface area (Å²) >= 11 is 0. The number of rotatable bonds is 10. The van der Waals surface area contributed by atoms with Crippen LogP contribution in [0.15, 0.2) is 52.2 Å². The van der Waals surface area contributed by atoms with Crippen LogP contribution in [0.25, 0.3) is 0 Å². The van der Waals surface area contributed by atoms with Gasteiger partial charge in [0.2, 0.25) is 0 Å². The van der Waals surface area contributed by atoms with Crippen LogP contribution in [-0.4, -0.2) is 62.1 Å². The molecule has 0 aliphatic carbocycles. The van der Waals surface area contributed by atoms with Gasteiger partial charge in [-0.2, -0.15) is 0 Å². The molecular formula is C22H28FN3O9P+. The highest BCUT2D eigenvalue weighted by Gasteiger charge is 2.56. The predicted octanol–water partition coefficient (Wildman–Crippen LogP) is 1.83. The molecule has 1 saturated heterocycles. The van der Waals surface area contributed by atoms with Crippen molar-refractivity contribution < 1.29 is 37.7 Å². The fourth-order valence-electron chi connectivity index (χ4n) is 3.45. The summed E-state index contributed by atoms with van der Waals surface area (Å²) in [6.45, 7) is 5.12. The van der Waals surface area contributed by atoms with Crippen molar-refractivity contribution >= 4 is 14.1 Å². The number of hydroxylamine groups is 1. The average Bonchev–Trinajstić information content (AvgIpc) is 3.03. The lowest BCUT2D eigenvalue weighted by molar-refractivity contribution is -0.183. The highest BCUT2D eigenvalue weighted by Crippen LogP contribution is 2.41. The number of alkyl halides is 1. The van der Waals surface area contributed by atoms with E-state index in [-0.39, 0.29) is 5.75 Å². The molecule has 1 aromatic carbocycles. The molecule has 1 aliphatic heterocycles. The Morgan fingerprint density at radius 1 is 1.28 bits per heavy atom. The highest BCUT2D eigenvalue weighted by molar-refractivity contribution is 7.36. The van der Waals surface area contributed by atoms with Gasteiger partial charge >= 0.3 is 19.8 Å². The third-order valence-corrected chi connectivity index (χ3v) is 6.45. The van der Waals surface area contributed by atoms with Gasteiger partial charge in [-0.3, -0.25) is 24.0 Å². The number of aromatic nitrogens is 2. The number of carbonyl (C=O) groups is 1. The number of hydrogen-bond acceptors (Lipinski definition) is 9. The largest absolute Gasteiger partial charge is 0.693 e. The lowest BCUT2D eigenvalue weighted by atomic mass is 9.98. The summed E-state index contributed by atoms with van der Waals surface area (Å²) < 4.78 is 45.3. The van der Waals surface area contributed by atoms with Crippen molar-refractivity contribution in [3.8, 4) is 5.75 Å². The van der Waals surface area contributed by atoms with Crippen LogP contribution in [0.2, 0.25) is 0 Å². The molecule has 0 radical (unpaired) electrons. The summed E-state index contributed by atoms with van der Waals surface area (Å²) in [6.07, 6.45) is -4.15. The number of H-pyrrole nitrogens is 1. The zero-order valence-electron chi connectivity index (χ0n) is 20.1. The van der Waals surface area contributed by atoms with Crippen molar-refractivity contribution in [1.82, 2.24) is 14.4 Å². The smallest absolute Gasteiger partial charge is 0.462 e. The van der Waals surface area contributed by atoms with E-state index in [9.17, 15) is 24.1 Å². The maximum Gasteiger partial charge on any atom is 0.693 e. The Hall–Kier alpha value is -2.96. The van der Waals surface area contributed by atoms with Crippen molar-refractivity contribution in [2.24, 2.45) is 0 Å². The van der Waals surface area contributed by atoms with E-state index in [0.717, 1.165) is 28.6 Å². The Morgan fingerprint density at radius 3 is 2.56 bits per heavy atom. The summed E-state index contributed by atoms with van der Waals surface area (Å²) in [5.41, 5.74) is -4.09. The van der Waals surface area contributed by atoms with E-state index < -0.39 is 68.3 Å². The molecule has 0 spiro atoms. The normalized spacial score (nSPS) is 25.1. The lowest BCUT2D eigenvalue weighted by Gasteiger charge is -2.24. The van der Waals surface area contributed by atoms with Gasteiger partial charge < -0.3 is 14.6 Å². The zero-order valence-corrected chi connectivity index (χ0v) is 21.0. The summed E-state index contributed by atoms with van der Waals surface area (Å²) in [7, 11) is -2.80. The molecule has 36 heavy (non-hydrogen) atoms. The van der Waals surface area contributed by atoms with Gasteiger partial charge in [-0.05, 0) is 39.8 Å². The number of nitrogens with one attached hydrogen (secondary N) is 1. The van der Waals surface area contributed by atoms with Crippen LogP contribution in [0.3, 0.4) is 0 Å². The molecular weight excluding hydrogens is 500 g/mol. The molecule has 0 bridgehead atoms. The Morgan fingerprint density at radius 2 is 1.94 bits per heavy atom. The molecule has 12 nitrogen and oxygen atoms in total. The number of ether oxygens (including phenoxy) is 2. The second kappa shape index (κ2) is 11.4. The van der Waals surface area contributed by atoms with Crippen LogP contribution in [0, 0.1) is 0 Å². The molecule has 2 aromatic rings. The number of nitrogens with zero attached hydrogens (tertiary/aromatic N) is 2. The second-order valence-electron chi connectivity index (χ2n) is 8.54. The van der Waals surface area contributed by atoms with Crippen molar-refractivity contribution in [3.05, 3.63) is 63.4 Å². The number of benzene rings is 1. The van der Waals surface area contributed by atoms with E-state index in [1.54, 1.807) is 44.2 Å². The van der Waals surface area contributed by atoms with Gasteiger partial charge in [0, 0.05) is 16.8 Å². The quantitative estimate of drug-likeness (QED) is 0.266. The summed E-state index contributed by atoms with van der Waals surface area (Å²) in [6, 6.07) is 7.93. The van der Waals surface area contributed by atoms with E-state index in [4.69, 9.17) is 18.8 Å². The summed E-state index contributed by atoms with van der Waals surface area (Å²) in [4.78, 5) is 44.3. The third-order valence-electron chi connectivity index (χ3n) is 5.30. The topological polar surface area (TPSA) is 149 Å². The molecule has 1 aliphatic rings. The van der Waals surface area contributed by atoms with Crippen LogP contribution in [0.5, 0.6) is 5.75 Å². The summed E-state index contributed by atoms with van der Waals surface area (Å²) in [5, 5.41) is 10.6. The lowest BCUT2D eigenvalue weighted by Crippen LogP contribution is -2.44. The Kier molecular flexibility index (Phi) is 8.75. The second-order valence-corrected chi connectivity index (χ2v) is 9.59. The molecule has 0 saturated carbocycles. The molecule has 6 atom stereocenters. The fraction of sp³-hybridized carbons (Fsp3) is 0.500. The minimum Gasteiger partial charge on any atom is -0.462 e. The molecule has 3 rings (SSSR count). The number of esters is 1.